The Morgan fingerprint density at radius 2 is 1.94 bits per heavy atom. The minimum Gasteiger partial charge on any atom is -0.369 e. The summed E-state index contributed by atoms with van der Waals surface area (Å²) >= 11 is 0. The smallest absolute Gasteiger partial charge is 0.248 e. The van der Waals surface area contributed by atoms with Crippen LogP contribution in [0.4, 0.5) is 0 Å². The number of carbonyl (C=O) groups is 2. The maximum atomic E-state index is 11.2. The lowest BCUT2D eigenvalue weighted by atomic mass is 10.00. The molecule has 2 amide bonds. The van der Waals surface area contributed by atoms with Crippen LogP contribution in [0.2, 0.25) is 0 Å². The maximum Gasteiger partial charge on any atom is 0.248 e. The number of unbranched alkanes of at least 4 members (excludes halogenated alkanes) is 1. The zero-order valence-electron chi connectivity index (χ0n) is 11.1. The summed E-state index contributed by atoms with van der Waals surface area (Å²) in [5.41, 5.74) is 10.9. The van der Waals surface area contributed by atoms with E-state index in [0.717, 1.165) is 12.8 Å². The van der Waals surface area contributed by atoms with Gasteiger partial charge in [-0.15, -0.1) is 0 Å². The molecule has 4 nitrogen and oxygen atoms in total. The zero-order valence-corrected chi connectivity index (χ0v) is 11.1. The van der Waals surface area contributed by atoms with Gasteiger partial charge in [0.25, 0.3) is 0 Å². The fraction of sp³-hybridized carbons (Fsp3) is 0.429. The Bertz CT molecular complexity index is 368. The van der Waals surface area contributed by atoms with Crippen LogP contribution in [0.25, 0.3) is 0 Å². The molecule has 0 aromatic heterocycles. The molecule has 0 aliphatic heterocycles. The molecule has 0 aromatic carbocycles. The Kier molecular flexibility index (Phi) is 8.27. The van der Waals surface area contributed by atoms with Crippen LogP contribution in [0.3, 0.4) is 0 Å². The summed E-state index contributed by atoms with van der Waals surface area (Å²) in [5.74, 6) is -1.25. The van der Waals surface area contributed by atoms with E-state index in [1.807, 2.05) is 13.8 Å². The van der Waals surface area contributed by atoms with Crippen molar-refractivity contribution in [2.45, 2.75) is 33.1 Å². The number of hydrogen-bond acceptors (Lipinski definition) is 2. The predicted molar refractivity (Wildman–Crippen MR) is 73.4 cm³/mol. The molecule has 0 bridgehead atoms. The highest BCUT2D eigenvalue weighted by Gasteiger charge is 2.11. The molecule has 0 aliphatic rings. The molecule has 0 aliphatic carbocycles. The first-order valence-corrected chi connectivity index (χ1v) is 6.13. The monoisotopic (exact) mass is 250 g/mol. The number of allylic oxidation sites excluding steroid dienone is 3. The molecule has 0 fully saturated rings. The van der Waals surface area contributed by atoms with Crippen LogP contribution in [0.1, 0.15) is 33.1 Å². The van der Waals surface area contributed by atoms with Gasteiger partial charge in [0.1, 0.15) is 0 Å². The van der Waals surface area contributed by atoms with Crippen molar-refractivity contribution >= 4 is 11.8 Å². The molecule has 0 aromatic rings. The Balaban J connectivity index is 4.81. The van der Waals surface area contributed by atoms with E-state index in [0.29, 0.717) is 12.0 Å². The summed E-state index contributed by atoms with van der Waals surface area (Å²) < 4.78 is 0. The molecular formula is C14H22N2O2. The lowest BCUT2D eigenvalue weighted by Gasteiger charge is -2.07. The van der Waals surface area contributed by atoms with Crippen molar-refractivity contribution in [2.24, 2.45) is 17.4 Å². The standard InChI is InChI=1S/C14H22N2O2/c1-3-5-7-11(13(15)17)9-10-12(14(16)18)8-6-4-2/h3,5,7,9-10,12H,4,6,8H2,1-2H3,(H2,15,17)(H2,16,18). The van der Waals surface area contributed by atoms with E-state index in [4.69, 9.17) is 11.5 Å². The van der Waals surface area contributed by atoms with Gasteiger partial charge in [0.05, 0.1) is 5.92 Å². The van der Waals surface area contributed by atoms with E-state index in [9.17, 15) is 9.59 Å². The third kappa shape index (κ3) is 6.68. The molecule has 4 N–H and O–H groups in total. The molecule has 18 heavy (non-hydrogen) atoms. The molecule has 100 valence electrons. The second-order valence-electron chi connectivity index (χ2n) is 4.02. The van der Waals surface area contributed by atoms with Crippen molar-refractivity contribution in [1.29, 1.82) is 0 Å². The highest BCUT2D eigenvalue weighted by molar-refractivity contribution is 5.95. The lowest BCUT2D eigenvalue weighted by Crippen LogP contribution is -2.21. The number of carbonyl (C=O) groups excluding carboxylic acids is 2. The summed E-state index contributed by atoms with van der Waals surface area (Å²) in [6.45, 7) is 3.88. The van der Waals surface area contributed by atoms with Gasteiger partial charge in [-0.3, -0.25) is 9.59 Å². The summed E-state index contributed by atoms with van der Waals surface area (Å²) in [7, 11) is 0. The van der Waals surface area contributed by atoms with Gasteiger partial charge in [-0.1, -0.05) is 44.1 Å². The van der Waals surface area contributed by atoms with Crippen LogP contribution in [0.15, 0.2) is 36.0 Å². The molecule has 1 unspecified atom stereocenters. The van der Waals surface area contributed by atoms with Gasteiger partial charge in [-0.2, -0.15) is 0 Å². The normalized spacial score (nSPS) is 14.2. The van der Waals surface area contributed by atoms with Crippen molar-refractivity contribution in [3.8, 4) is 0 Å². The second-order valence-corrected chi connectivity index (χ2v) is 4.02. The summed E-state index contributed by atoms with van der Waals surface area (Å²) in [4.78, 5) is 22.4. The number of rotatable bonds is 8. The molecule has 1 atom stereocenters. The lowest BCUT2D eigenvalue weighted by molar-refractivity contribution is -0.120. The Morgan fingerprint density at radius 1 is 1.28 bits per heavy atom. The Hall–Kier alpha value is -1.84. The van der Waals surface area contributed by atoms with E-state index < -0.39 is 5.91 Å². The first kappa shape index (κ1) is 16.2. The highest BCUT2D eigenvalue weighted by atomic mass is 16.1. The minimum absolute atomic E-state index is 0.349. The van der Waals surface area contributed by atoms with Crippen LogP contribution >= 0.6 is 0 Å². The Labute approximate surface area is 108 Å². The van der Waals surface area contributed by atoms with Gasteiger partial charge in [-0.25, -0.2) is 0 Å². The average molecular weight is 250 g/mol. The van der Waals surface area contributed by atoms with Gasteiger partial charge in [0, 0.05) is 5.57 Å². The van der Waals surface area contributed by atoms with Crippen molar-refractivity contribution in [3.05, 3.63) is 36.0 Å². The molecule has 0 spiro atoms. The molecule has 0 radical (unpaired) electrons. The van der Waals surface area contributed by atoms with Gasteiger partial charge in [0.2, 0.25) is 11.8 Å². The molecule has 0 saturated carbocycles. The summed E-state index contributed by atoms with van der Waals surface area (Å²) in [6, 6.07) is 0. The van der Waals surface area contributed by atoms with Crippen molar-refractivity contribution in [1.82, 2.24) is 0 Å². The molecule has 0 rings (SSSR count). The van der Waals surface area contributed by atoms with Crippen LogP contribution in [0, 0.1) is 5.92 Å². The van der Waals surface area contributed by atoms with Gasteiger partial charge >= 0.3 is 0 Å². The van der Waals surface area contributed by atoms with E-state index >= 15 is 0 Å². The molecular weight excluding hydrogens is 228 g/mol. The maximum absolute atomic E-state index is 11.2. The molecule has 0 heterocycles. The van der Waals surface area contributed by atoms with Crippen LogP contribution in [0.5, 0.6) is 0 Å². The van der Waals surface area contributed by atoms with Crippen LogP contribution in [-0.4, -0.2) is 11.8 Å². The van der Waals surface area contributed by atoms with Gasteiger partial charge < -0.3 is 11.5 Å². The molecule has 4 heteroatoms. The number of primary amides is 2. The largest absolute Gasteiger partial charge is 0.369 e. The average Bonchev–Trinajstić information content (AvgIpc) is 2.31. The van der Waals surface area contributed by atoms with Crippen molar-refractivity contribution in [2.75, 3.05) is 0 Å². The third-order valence-electron chi connectivity index (χ3n) is 2.49. The fourth-order valence-corrected chi connectivity index (χ4v) is 1.40. The van der Waals surface area contributed by atoms with E-state index in [1.165, 1.54) is 0 Å². The third-order valence-corrected chi connectivity index (χ3v) is 2.49. The quantitative estimate of drug-likeness (QED) is 0.508. The first-order chi connectivity index (χ1) is 8.52. The van der Waals surface area contributed by atoms with Crippen molar-refractivity contribution < 1.29 is 9.59 Å². The topological polar surface area (TPSA) is 86.2 Å². The van der Waals surface area contributed by atoms with Crippen LogP contribution < -0.4 is 11.5 Å². The van der Waals surface area contributed by atoms with Gasteiger partial charge in [-0.05, 0) is 19.4 Å². The van der Waals surface area contributed by atoms with E-state index in [1.54, 1.807) is 30.4 Å². The molecule has 0 saturated heterocycles. The second kappa shape index (κ2) is 9.22. The number of hydrogen-bond donors (Lipinski definition) is 2. The summed E-state index contributed by atoms with van der Waals surface area (Å²) in [5, 5.41) is 0. The Morgan fingerprint density at radius 3 is 2.39 bits per heavy atom. The minimum atomic E-state index is -0.525. The fourth-order valence-electron chi connectivity index (χ4n) is 1.40. The first-order valence-electron chi connectivity index (χ1n) is 6.13. The predicted octanol–water partition coefficient (Wildman–Crippen LogP) is 1.82. The van der Waals surface area contributed by atoms with Crippen molar-refractivity contribution in [3.63, 3.8) is 0 Å². The number of nitrogens with two attached hydrogens (primary N) is 2. The van der Waals surface area contributed by atoms with Gasteiger partial charge in [0.15, 0.2) is 0 Å². The zero-order chi connectivity index (χ0) is 14.0. The van der Waals surface area contributed by atoms with E-state index in [2.05, 4.69) is 0 Å². The number of amides is 2. The van der Waals surface area contributed by atoms with Crippen LogP contribution in [-0.2, 0) is 9.59 Å². The summed E-state index contributed by atoms with van der Waals surface area (Å²) in [6.07, 6.45) is 10.9. The highest BCUT2D eigenvalue weighted by Crippen LogP contribution is 2.11. The SMILES string of the molecule is CC=CC=C(C=CC(CCCC)C(N)=O)C(N)=O. The van der Waals surface area contributed by atoms with E-state index in [-0.39, 0.29) is 11.8 Å².